The molecule has 1 aliphatic heterocycles. The fourth-order valence-corrected chi connectivity index (χ4v) is 2.86. The molecule has 0 saturated carbocycles. The van der Waals surface area contributed by atoms with Crippen molar-refractivity contribution in [1.29, 1.82) is 0 Å². The Balaban J connectivity index is 1.75. The quantitative estimate of drug-likeness (QED) is 0.858. The topological polar surface area (TPSA) is 58.3 Å². The number of nitrogen functional groups attached to an aromatic ring is 1. The van der Waals surface area contributed by atoms with Crippen molar-refractivity contribution in [3.05, 3.63) is 5.01 Å². The van der Waals surface area contributed by atoms with Gasteiger partial charge in [0.1, 0.15) is 5.01 Å². The number of nitrogens with zero attached hydrogens (tertiary/aromatic N) is 4. The fraction of sp³-hybridized carbons (Fsp3) is 0.818. The first-order chi connectivity index (χ1) is 8.15. The predicted octanol–water partition coefficient (Wildman–Crippen LogP) is 0.689. The molecule has 1 fully saturated rings. The van der Waals surface area contributed by atoms with Crippen molar-refractivity contribution in [2.24, 2.45) is 0 Å². The van der Waals surface area contributed by atoms with Crippen LogP contribution in [0.3, 0.4) is 0 Å². The zero-order chi connectivity index (χ0) is 12.3. The smallest absolute Gasteiger partial charge is 0.203 e. The average Bonchev–Trinajstić information content (AvgIpc) is 2.73. The van der Waals surface area contributed by atoms with Gasteiger partial charge < -0.3 is 15.5 Å². The number of hydrogen-bond acceptors (Lipinski definition) is 6. The minimum atomic E-state index is 0.571. The second-order valence-corrected chi connectivity index (χ2v) is 5.89. The summed E-state index contributed by atoms with van der Waals surface area (Å²) >= 11 is 1.50. The lowest BCUT2D eigenvalue weighted by molar-refractivity contribution is 0.145. The van der Waals surface area contributed by atoms with E-state index in [2.05, 4.69) is 34.1 Å². The number of likely N-dealkylation sites (tertiary alicyclic amines) is 1. The average molecular weight is 255 g/mol. The van der Waals surface area contributed by atoms with E-state index in [4.69, 9.17) is 5.73 Å². The molecule has 6 heteroatoms. The second kappa shape index (κ2) is 5.75. The summed E-state index contributed by atoms with van der Waals surface area (Å²) in [7, 11) is 4.40. The number of aromatic nitrogens is 2. The van der Waals surface area contributed by atoms with Gasteiger partial charge in [-0.15, -0.1) is 10.2 Å². The van der Waals surface area contributed by atoms with E-state index in [1.54, 1.807) is 0 Å². The molecule has 0 aliphatic carbocycles. The van der Waals surface area contributed by atoms with Gasteiger partial charge in [-0.1, -0.05) is 11.3 Å². The van der Waals surface area contributed by atoms with E-state index in [-0.39, 0.29) is 0 Å². The van der Waals surface area contributed by atoms with Crippen molar-refractivity contribution >= 4 is 16.5 Å². The highest BCUT2D eigenvalue weighted by Gasteiger charge is 2.20. The molecule has 17 heavy (non-hydrogen) atoms. The van der Waals surface area contributed by atoms with Crippen LogP contribution in [0.15, 0.2) is 0 Å². The minimum Gasteiger partial charge on any atom is -0.374 e. The predicted molar refractivity (Wildman–Crippen MR) is 71.2 cm³/mol. The number of nitrogens with two attached hydrogens (primary N) is 1. The lowest BCUT2D eigenvalue weighted by Crippen LogP contribution is -2.42. The Morgan fingerprint density at radius 1 is 1.41 bits per heavy atom. The molecule has 2 heterocycles. The standard InChI is InChI=1S/C11H21N5S/c1-15-6-3-9(4-7-15)16(2)8-5-10-13-14-11(12)17-10/h9H,3-8H2,1-2H3,(H2,12,14). The third kappa shape index (κ3) is 3.62. The number of piperidine rings is 1. The molecule has 0 amide bonds. The summed E-state index contributed by atoms with van der Waals surface area (Å²) in [5.41, 5.74) is 5.57. The second-order valence-electron chi connectivity index (χ2n) is 4.80. The maximum Gasteiger partial charge on any atom is 0.203 e. The fourth-order valence-electron chi connectivity index (χ4n) is 2.26. The van der Waals surface area contributed by atoms with Gasteiger partial charge in [-0.25, -0.2) is 0 Å². The van der Waals surface area contributed by atoms with E-state index < -0.39 is 0 Å². The Hall–Kier alpha value is -0.720. The van der Waals surface area contributed by atoms with Crippen LogP contribution in [0, 0.1) is 0 Å². The molecule has 2 N–H and O–H groups in total. The Morgan fingerprint density at radius 2 is 2.12 bits per heavy atom. The Labute approximate surface area is 107 Å². The van der Waals surface area contributed by atoms with Gasteiger partial charge in [-0.05, 0) is 40.0 Å². The zero-order valence-corrected chi connectivity index (χ0v) is 11.4. The summed E-state index contributed by atoms with van der Waals surface area (Å²) in [6, 6.07) is 0.719. The molecular formula is C11H21N5S. The van der Waals surface area contributed by atoms with Gasteiger partial charge in [-0.2, -0.15) is 0 Å². The van der Waals surface area contributed by atoms with Gasteiger partial charge in [0.15, 0.2) is 0 Å². The minimum absolute atomic E-state index is 0.571. The SMILES string of the molecule is CN1CCC(N(C)CCc2nnc(N)s2)CC1. The van der Waals surface area contributed by atoms with Gasteiger partial charge in [0.2, 0.25) is 5.13 Å². The number of hydrogen-bond donors (Lipinski definition) is 1. The normalized spacial score (nSPS) is 19.0. The van der Waals surface area contributed by atoms with Crippen LogP contribution in [0.4, 0.5) is 5.13 Å². The summed E-state index contributed by atoms with van der Waals surface area (Å²) in [5.74, 6) is 0. The molecule has 96 valence electrons. The monoisotopic (exact) mass is 255 g/mol. The van der Waals surface area contributed by atoms with E-state index in [0.29, 0.717) is 5.13 Å². The zero-order valence-electron chi connectivity index (χ0n) is 10.6. The first kappa shape index (κ1) is 12.7. The van der Waals surface area contributed by atoms with Crippen molar-refractivity contribution in [3.63, 3.8) is 0 Å². The number of anilines is 1. The largest absolute Gasteiger partial charge is 0.374 e. The summed E-state index contributed by atoms with van der Waals surface area (Å²) in [5, 5.41) is 9.51. The van der Waals surface area contributed by atoms with Crippen molar-refractivity contribution in [2.75, 3.05) is 39.5 Å². The van der Waals surface area contributed by atoms with Crippen molar-refractivity contribution in [1.82, 2.24) is 20.0 Å². The summed E-state index contributed by atoms with van der Waals surface area (Å²) in [4.78, 5) is 4.85. The molecule has 0 bridgehead atoms. The molecule has 0 unspecified atom stereocenters. The highest BCUT2D eigenvalue weighted by Crippen LogP contribution is 2.16. The maximum absolute atomic E-state index is 5.57. The third-order valence-corrected chi connectivity index (χ3v) is 4.28. The molecule has 0 atom stereocenters. The van der Waals surface area contributed by atoms with Crippen LogP contribution in [0.2, 0.25) is 0 Å². The molecule has 2 rings (SSSR count). The molecule has 1 aliphatic rings. The molecule has 1 aromatic heterocycles. The Morgan fingerprint density at radius 3 is 2.71 bits per heavy atom. The molecule has 0 spiro atoms. The van der Waals surface area contributed by atoms with Crippen LogP contribution in [0.25, 0.3) is 0 Å². The van der Waals surface area contributed by atoms with Crippen molar-refractivity contribution < 1.29 is 0 Å². The van der Waals surface area contributed by atoms with Crippen LogP contribution in [0.1, 0.15) is 17.8 Å². The first-order valence-electron chi connectivity index (χ1n) is 6.12. The van der Waals surface area contributed by atoms with Gasteiger partial charge in [0, 0.05) is 19.0 Å². The molecule has 0 radical (unpaired) electrons. The number of likely N-dealkylation sites (N-methyl/N-ethyl adjacent to an activating group) is 1. The van der Waals surface area contributed by atoms with Crippen LogP contribution in [-0.2, 0) is 6.42 Å². The van der Waals surface area contributed by atoms with Gasteiger partial charge in [-0.3, -0.25) is 0 Å². The highest BCUT2D eigenvalue weighted by atomic mass is 32.1. The first-order valence-corrected chi connectivity index (χ1v) is 6.93. The highest BCUT2D eigenvalue weighted by molar-refractivity contribution is 7.15. The summed E-state index contributed by atoms with van der Waals surface area (Å²) in [6.07, 6.45) is 3.49. The lowest BCUT2D eigenvalue weighted by Gasteiger charge is -2.34. The van der Waals surface area contributed by atoms with Crippen molar-refractivity contribution in [2.45, 2.75) is 25.3 Å². The van der Waals surface area contributed by atoms with E-state index in [1.807, 2.05) is 0 Å². The Bertz CT molecular complexity index is 345. The van der Waals surface area contributed by atoms with E-state index >= 15 is 0 Å². The van der Waals surface area contributed by atoms with Gasteiger partial charge in [0.25, 0.3) is 0 Å². The lowest BCUT2D eigenvalue weighted by atomic mass is 10.0. The molecule has 0 aromatic carbocycles. The molecule has 5 nitrogen and oxygen atoms in total. The summed E-state index contributed by atoms with van der Waals surface area (Å²) in [6.45, 7) is 3.46. The van der Waals surface area contributed by atoms with Crippen LogP contribution < -0.4 is 5.73 Å². The van der Waals surface area contributed by atoms with Gasteiger partial charge in [0.05, 0.1) is 0 Å². The van der Waals surface area contributed by atoms with Crippen LogP contribution in [0.5, 0.6) is 0 Å². The van der Waals surface area contributed by atoms with Crippen LogP contribution in [-0.4, -0.2) is 59.8 Å². The summed E-state index contributed by atoms with van der Waals surface area (Å²) < 4.78 is 0. The molecule has 1 aromatic rings. The molecular weight excluding hydrogens is 234 g/mol. The number of rotatable bonds is 4. The Kier molecular flexibility index (Phi) is 4.31. The van der Waals surface area contributed by atoms with E-state index in [9.17, 15) is 0 Å². The molecule has 1 saturated heterocycles. The third-order valence-electron chi connectivity index (χ3n) is 3.47. The maximum atomic E-state index is 5.57. The van der Waals surface area contributed by atoms with Gasteiger partial charge >= 0.3 is 0 Å². The van der Waals surface area contributed by atoms with Crippen LogP contribution >= 0.6 is 11.3 Å². The van der Waals surface area contributed by atoms with E-state index in [1.165, 1.54) is 37.3 Å². The van der Waals surface area contributed by atoms with E-state index in [0.717, 1.165) is 24.0 Å². The van der Waals surface area contributed by atoms with Crippen molar-refractivity contribution in [3.8, 4) is 0 Å².